The summed E-state index contributed by atoms with van der Waals surface area (Å²) in [5.74, 6) is -0.237. The maximum atomic E-state index is 13.2. The number of hydrogen-bond donors (Lipinski definition) is 0. The van der Waals surface area contributed by atoms with Crippen LogP contribution >= 0.6 is 23.1 Å². The molecule has 0 aliphatic carbocycles. The third-order valence-corrected chi connectivity index (χ3v) is 5.98. The van der Waals surface area contributed by atoms with Gasteiger partial charge in [0.25, 0.3) is 0 Å². The number of halogens is 1. The van der Waals surface area contributed by atoms with Gasteiger partial charge in [0, 0.05) is 28.6 Å². The number of rotatable bonds is 4. The molecule has 124 valence electrons. The molecule has 1 aromatic carbocycles. The standard InChI is InChI=1S/C19H14FN3S2/c1-12(14-3-2-8-21-9-14)25-19-17-16(10-24-18(17)22-11-23-19)13-4-6-15(20)7-5-13/h2-12H,1H3. The lowest BCUT2D eigenvalue weighted by Gasteiger charge is -2.12. The van der Waals surface area contributed by atoms with E-state index in [1.165, 1.54) is 12.1 Å². The number of thioether (sulfide) groups is 1. The maximum absolute atomic E-state index is 13.2. The number of benzene rings is 1. The monoisotopic (exact) mass is 367 g/mol. The van der Waals surface area contributed by atoms with Gasteiger partial charge in [-0.3, -0.25) is 4.98 Å². The van der Waals surface area contributed by atoms with E-state index in [1.807, 2.05) is 12.3 Å². The number of nitrogens with zero attached hydrogens (tertiary/aromatic N) is 3. The van der Waals surface area contributed by atoms with Crippen LogP contribution < -0.4 is 0 Å². The third-order valence-electron chi connectivity index (χ3n) is 3.93. The number of thiophene rings is 1. The zero-order valence-electron chi connectivity index (χ0n) is 13.4. The summed E-state index contributed by atoms with van der Waals surface area (Å²) in [5, 5.41) is 4.24. The average molecular weight is 367 g/mol. The van der Waals surface area contributed by atoms with E-state index in [4.69, 9.17) is 0 Å². The first-order valence-electron chi connectivity index (χ1n) is 7.77. The summed E-state index contributed by atoms with van der Waals surface area (Å²) in [7, 11) is 0. The molecule has 1 unspecified atom stereocenters. The smallest absolute Gasteiger partial charge is 0.128 e. The normalized spacial score (nSPS) is 12.4. The van der Waals surface area contributed by atoms with Gasteiger partial charge in [0.05, 0.1) is 5.39 Å². The minimum Gasteiger partial charge on any atom is -0.264 e. The fourth-order valence-corrected chi connectivity index (χ4v) is 4.65. The van der Waals surface area contributed by atoms with Crippen LogP contribution in [-0.2, 0) is 0 Å². The molecular formula is C19H14FN3S2. The Labute approximate surface area is 153 Å². The van der Waals surface area contributed by atoms with E-state index in [1.54, 1.807) is 47.8 Å². The van der Waals surface area contributed by atoms with Crippen molar-refractivity contribution >= 4 is 33.3 Å². The van der Waals surface area contributed by atoms with E-state index in [0.717, 1.165) is 31.9 Å². The number of pyridine rings is 1. The first-order valence-corrected chi connectivity index (χ1v) is 9.53. The van der Waals surface area contributed by atoms with Crippen molar-refractivity contribution < 1.29 is 4.39 Å². The van der Waals surface area contributed by atoms with E-state index < -0.39 is 0 Å². The van der Waals surface area contributed by atoms with Crippen LogP contribution in [0.2, 0.25) is 0 Å². The highest BCUT2D eigenvalue weighted by Gasteiger charge is 2.16. The molecule has 0 N–H and O–H groups in total. The molecule has 3 aromatic heterocycles. The van der Waals surface area contributed by atoms with E-state index in [0.29, 0.717) is 0 Å². The van der Waals surface area contributed by atoms with Crippen LogP contribution in [-0.4, -0.2) is 15.0 Å². The van der Waals surface area contributed by atoms with Gasteiger partial charge in [-0.2, -0.15) is 0 Å². The number of aromatic nitrogens is 3. The third kappa shape index (κ3) is 3.27. The van der Waals surface area contributed by atoms with Crippen molar-refractivity contribution in [2.45, 2.75) is 17.2 Å². The molecule has 6 heteroatoms. The maximum Gasteiger partial charge on any atom is 0.128 e. The molecule has 0 saturated carbocycles. The summed E-state index contributed by atoms with van der Waals surface area (Å²) >= 11 is 3.26. The van der Waals surface area contributed by atoms with Crippen LogP contribution in [0.25, 0.3) is 21.3 Å². The van der Waals surface area contributed by atoms with Crippen molar-refractivity contribution in [3.8, 4) is 11.1 Å². The van der Waals surface area contributed by atoms with Crippen molar-refractivity contribution in [3.05, 3.63) is 71.9 Å². The van der Waals surface area contributed by atoms with Gasteiger partial charge in [-0.25, -0.2) is 14.4 Å². The summed E-state index contributed by atoms with van der Waals surface area (Å²) < 4.78 is 13.2. The van der Waals surface area contributed by atoms with Gasteiger partial charge in [0.15, 0.2) is 0 Å². The molecule has 4 aromatic rings. The van der Waals surface area contributed by atoms with Gasteiger partial charge < -0.3 is 0 Å². The Morgan fingerprint density at radius 1 is 1.12 bits per heavy atom. The van der Waals surface area contributed by atoms with E-state index >= 15 is 0 Å². The van der Waals surface area contributed by atoms with Crippen molar-refractivity contribution in [1.82, 2.24) is 15.0 Å². The fraction of sp³-hybridized carbons (Fsp3) is 0.105. The lowest BCUT2D eigenvalue weighted by atomic mass is 10.1. The van der Waals surface area contributed by atoms with E-state index in [9.17, 15) is 4.39 Å². The molecule has 3 nitrogen and oxygen atoms in total. The molecule has 0 fully saturated rings. The highest BCUT2D eigenvalue weighted by molar-refractivity contribution is 7.99. The van der Waals surface area contributed by atoms with Crippen molar-refractivity contribution in [2.75, 3.05) is 0 Å². The summed E-state index contributed by atoms with van der Waals surface area (Å²) in [4.78, 5) is 14.0. The second-order valence-corrected chi connectivity index (χ2v) is 7.75. The van der Waals surface area contributed by atoms with Gasteiger partial charge in [-0.05, 0) is 36.2 Å². The van der Waals surface area contributed by atoms with E-state index in [-0.39, 0.29) is 11.1 Å². The van der Waals surface area contributed by atoms with Crippen LogP contribution in [0, 0.1) is 5.82 Å². The molecule has 3 heterocycles. The highest BCUT2D eigenvalue weighted by Crippen LogP contribution is 2.42. The van der Waals surface area contributed by atoms with Crippen LogP contribution in [0.4, 0.5) is 4.39 Å². The van der Waals surface area contributed by atoms with Crippen molar-refractivity contribution in [1.29, 1.82) is 0 Å². The summed E-state index contributed by atoms with van der Waals surface area (Å²) in [6, 6.07) is 10.6. The molecule has 0 aliphatic heterocycles. The summed E-state index contributed by atoms with van der Waals surface area (Å²) in [6.07, 6.45) is 5.26. The Morgan fingerprint density at radius 2 is 1.96 bits per heavy atom. The molecule has 0 saturated heterocycles. The van der Waals surface area contributed by atoms with Gasteiger partial charge in [0.2, 0.25) is 0 Å². The SMILES string of the molecule is CC(Sc1ncnc2scc(-c3ccc(F)cc3)c12)c1cccnc1. The van der Waals surface area contributed by atoms with Crippen LogP contribution in [0.5, 0.6) is 0 Å². The van der Waals surface area contributed by atoms with Crippen molar-refractivity contribution in [3.63, 3.8) is 0 Å². The minimum atomic E-state index is -0.237. The highest BCUT2D eigenvalue weighted by atomic mass is 32.2. The lowest BCUT2D eigenvalue weighted by Crippen LogP contribution is -1.92. The average Bonchev–Trinajstić information content (AvgIpc) is 3.08. The lowest BCUT2D eigenvalue weighted by molar-refractivity contribution is 0.628. The topological polar surface area (TPSA) is 38.7 Å². The van der Waals surface area contributed by atoms with Crippen LogP contribution in [0.1, 0.15) is 17.7 Å². The zero-order chi connectivity index (χ0) is 17.2. The van der Waals surface area contributed by atoms with Gasteiger partial charge >= 0.3 is 0 Å². The largest absolute Gasteiger partial charge is 0.264 e. The minimum absolute atomic E-state index is 0.216. The molecule has 4 rings (SSSR count). The quantitative estimate of drug-likeness (QED) is 0.340. The Morgan fingerprint density at radius 3 is 2.72 bits per heavy atom. The van der Waals surface area contributed by atoms with Gasteiger partial charge in [-0.1, -0.05) is 30.0 Å². The molecule has 1 atom stereocenters. The fourth-order valence-electron chi connectivity index (χ4n) is 2.63. The first kappa shape index (κ1) is 16.2. The van der Waals surface area contributed by atoms with Crippen molar-refractivity contribution in [2.24, 2.45) is 0 Å². The Kier molecular flexibility index (Phi) is 4.46. The first-order chi connectivity index (χ1) is 12.2. The molecule has 25 heavy (non-hydrogen) atoms. The molecule has 0 aliphatic rings. The number of hydrogen-bond acceptors (Lipinski definition) is 5. The summed E-state index contributed by atoms with van der Waals surface area (Å²) in [6.45, 7) is 2.14. The Balaban J connectivity index is 1.76. The molecule has 0 spiro atoms. The summed E-state index contributed by atoms with van der Waals surface area (Å²) in [5.41, 5.74) is 3.16. The molecule has 0 radical (unpaired) electrons. The molecule has 0 amide bonds. The Bertz CT molecular complexity index is 1000. The van der Waals surface area contributed by atoms with Crippen LogP contribution in [0.3, 0.4) is 0 Å². The van der Waals surface area contributed by atoms with Gasteiger partial charge in [0.1, 0.15) is 22.0 Å². The number of fused-ring (bicyclic) bond motifs is 1. The van der Waals surface area contributed by atoms with Crippen LogP contribution in [0.15, 0.2) is 65.5 Å². The molecular weight excluding hydrogens is 353 g/mol. The second-order valence-electron chi connectivity index (χ2n) is 5.56. The molecule has 0 bridgehead atoms. The predicted molar refractivity (Wildman–Crippen MR) is 101 cm³/mol. The second kappa shape index (κ2) is 6.90. The predicted octanol–water partition coefficient (Wildman–Crippen LogP) is 5.75. The Hall–Kier alpha value is -2.31. The van der Waals surface area contributed by atoms with Gasteiger partial charge in [-0.15, -0.1) is 11.3 Å². The van der Waals surface area contributed by atoms with E-state index in [2.05, 4.69) is 33.3 Å². The zero-order valence-corrected chi connectivity index (χ0v) is 15.0.